The number of nitrogens with zero attached hydrogens (tertiary/aromatic N) is 1. The standard InChI is InChI=1S/C15H20ClNO2/c1-11-3-4-13(14(16)7-11)8-12-9-15(18)17(10-12)5-6-19-2/h3-4,7,12H,5-6,8-10H2,1-2H3. The highest BCUT2D eigenvalue weighted by molar-refractivity contribution is 6.31. The third-order valence-corrected chi connectivity index (χ3v) is 3.93. The topological polar surface area (TPSA) is 29.5 Å². The molecule has 0 aromatic heterocycles. The second-order valence-electron chi connectivity index (χ2n) is 5.20. The summed E-state index contributed by atoms with van der Waals surface area (Å²) in [4.78, 5) is 13.7. The van der Waals surface area contributed by atoms with E-state index in [0.29, 0.717) is 25.5 Å². The second-order valence-corrected chi connectivity index (χ2v) is 5.61. The van der Waals surface area contributed by atoms with Crippen LogP contribution in [0.3, 0.4) is 0 Å². The number of rotatable bonds is 5. The number of benzene rings is 1. The predicted molar refractivity (Wildman–Crippen MR) is 76.5 cm³/mol. The number of likely N-dealkylation sites (tertiary alicyclic amines) is 1. The number of carbonyl (C=O) groups is 1. The van der Waals surface area contributed by atoms with E-state index in [1.807, 2.05) is 17.9 Å². The van der Waals surface area contributed by atoms with E-state index < -0.39 is 0 Å². The third-order valence-electron chi connectivity index (χ3n) is 3.58. The first-order valence-electron chi connectivity index (χ1n) is 6.62. The highest BCUT2D eigenvalue weighted by Crippen LogP contribution is 2.26. The molecule has 1 aliphatic rings. The maximum atomic E-state index is 11.9. The van der Waals surface area contributed by atoms with Crippen LogP contribution in [-0.4, -0.2) is 37.6 Å². The van der Waals surface area contributed by atoms with Gasteiger partial charge in [0.05, 0.1) is 6.61 Å². The van der Waals surface area contributed by atoms with Gasteiger partial charge in [-0.3, -0.25) is 4.79 Å². The minimum atomic E-state index is 0.227. The number of amides is 1. The first kappa shape index (κ1) is 14.4. The van der Waals surface area contributed by atoms with E-state index in [0.717, 1.165) is 29.1 Å². The van der Waals surface area contributed by atoms with E-state index in [2.05, 4.69) is 12.1 Å². The zero-order valence-corrected chi connectivity index (χ0v) is 12.2. The monoisotopic (exact) mass is 281 g/mol. The lowest BCUT2D eigenvalue weighted by molar-refractivity contribution is -0.128. The van der Waals surface area contributed by atoms with Crippen LogP contribution in [0.2, 0.25) is 5.02 Å². The lowest BCUT2D eigenvalue weighted by atomic mass is 9.98. The Morgan fingerprint density at radius 2 is 2.26 bits per heavy atom. The molecule has 1 unspecified atom stereocenters. The van der Waals surface area contributed by atoms with E-state index >= 15 is 0 Å². The van der Waals surface area contributed by atoms with Gasteiger partial charge in [0.15, 0.2) is 0 Å². The van der Waals surface area contributed by atoms with Crippen LogP contribution in [0.5, 0.6) is 0 Å². The van der Waals surface area contributed by atoms with Gasteiger partial charge in [0.1, 0.15) is 0 Å². The molecule has 1 fully saturated rings. The number of hydrogen-bond acceptors (Lipinski definition) is 2. The molecule has 1 aromatic rings. The number of hydrogen-bond donors (Lipinski definition) is 0. The number of halogens is 1. The van der Waals surface area contributed by atoms with Crippen molar-refractivity contribution in [2.75, 3.05) is 26.8 Å². The van der Waals surface area contributed by atoms with Gasteiger partial charge in [0.25, 0.3) is 0 Å². The van der Waals surface area contributed by atoms with Crippen molar-refractivity contribution in [1.29, 1.82) is 0 Å². The van der Waals surface area contributed by atoms with Crippen molar-refractivity contribution in [2.45, 2.75) is 19.8 Å². The average molecular weight is 282 g/mol. The molecule has 0 aliphatic carbocycles. The molecule has 4 heteroatoms. The predicted octanol–water partition coefficient (Wildman–Crippen LogP) is 2.69. The minimum absolute atomic E-state index is 0.227. The molecule has 19 heavy (non-hydrogen) atoms. The van der Waals surface area contributed by atoms with Gasteiger partial charge < -0.3 is 9.64 Å². The van der Waals surface area contributed by atoms with Crippen molar-refractivity contribution < 1.29 is 9.53 Å². The molecular weight excluding hydrogens is 262 g/mol. The lowest BCUT2D eigenvalue weighted by Crippen LogP contribution is -2.28. The SMILES string of the molecule is COCCN1CC(Cc2ccc(C)cc2Cl)CC1=O. The largest absolute Gasteiger partial charge is 0.383 e. The van der Waals surface area contributed by atoms with Gasteiger partial charge in [-0.15, -0.1) is 0 Å². The first-order chi connectivity index (χ1) is 9.10. The Morgan fingerprint density at radius 1 is 1.47 bits per heavy atom. The van der Waals surface area contributed by atoms with Crippen molar-refractivity contribution in [3.05, 3.63) is 34.3 Å². The van der Waals surface area contributed by atoms with Gasteiger partial charge in [-0.1, -0.05) is 23.7 Å². The van der Waals surface area contributed by atoms with Crippen molar-refractivity contribution in [1.82, 2.24) is 4.90 Å². The molecule has 104 valence electrons. The Kier molecular flexibility index (Phi) is 4.83. The molecule has 0 N–H and O–H groups in total. The summed E-state index contributed by atoms with van der Waals surface area (Å²) in [6, 6.07) is 6.12. The third kappa shape index (κ3) is 3.71. The van der Waals surface area contributed by atoms with Gasteiger partial charge in [0.2, 0.25) is 5.91 Å². The number of carbonyl (C=O) groups excluding carboxylic acids is 1. The van der Waals surface area contributed by atoms with E-state index in [9.17, 15) is 4.79 Å². The summed E-state index contributed by atoms with van der Waals surface area (Å²) < 4.78 is 5.02. The maximum Gasteiger partial charge on any atom is 0.223 e. The van der Waals surface area contributed by atoms with E-state index in [-0.39, 0.29) is 5.91 Å². The fraction of sp³-hybridized carbons (Fsp3) is 0.533. The summed E-state index contributed by atoms with van der Waals surface area (Å²) in [6.07, 6.45) is 1.49. The fourth-order valence-corrected chi connectivity index (χ4v) is 2.85. The Morgan fingerprint density at radius 3 is 2.95 bits per heavy atom. The summed E-state index contributed by atoms with van der Waals surface area (Å²) in [7, 11) is 1.66. The zero-order valence-electron chi connectivity index (χ0n) is 11.5. The quantitative estimate of drug-likeness (QED) is 0.830. The fourth-order valence-electron chi connectivity index (χ4n) is 2.54. The van der Waals surface area contributed by atoms with Crippen LogP contribution in [0.25, 0.3) is 0 Å². The van der Waals surface area contributed by atoms with Crippen LogP contribution in [0.15, 0.2) is 18.2 Å². The van der Waals surface area contributed by atoms with Crippen molar-refractivity contribution in [3.8, 4) is 0 Å². The number of aryl methyl sites for hydroxylation is 1. The molecule has 0 spiro atoms. The summed E-state index contributed by atoms with van der Waals surface area (Å²) >= 11 is 6.25. The average Bonchev–Trinajstić information content (AvgIpc) is 2.71. The van der Waals surface area contributed by atoms with Gasteiger partial charge in [-0.25, -0.2) is 0 Å². The Hall–Kier alpha value is -1.06. The number of methoxy groups -OCH3 is 1. The van der Waals surface area contributed by atoms with Crippen LogP contribution in [0.1, 0.15) is 17.5 Å². The van der Waals surface area contributed by atoms with Crippen LogP contribution in [-0.2, 0) is 16.0 Å². The summed E-state index contributed by atoms with van der Waals surface area (Å²) in [6.45, 7) is 4.13. The zero-order chi connectivity index (χ0) is 13.8. The summed E-state index contributed by atoms with van der Waals surface area (Å²) in [5.41, 5.74) is 2.30. The highest BCUT2D eigenvalue weighted by Gasteiger charge is 2.29. The van der Waals surface area contributed by atoms with Gasteiger partial charge in [-0.05, 0) is 36.5 Å². The molecule has 1 atom stereocenters. The van der Waals surface area contributed by atoms with Crippen molar-refractivity contribution >= 4 is 17.5 Å². The van der Waals surface area contributed by atoms with Gasteiger partial charge in [-0.2, -0.15) is 0 Å². The number of ether oxygens (including phenoxy) is 1. The van der Waals surface area contributed by atoms with E-state index in [1.165, 1.54) is 0 Å². The second kappa shape index (κ2) is 6.40. The molecule has 3 nitrogen and oxygen atoms in total. The molecule has 1 saturated heterocycles. The molecule has 2 rings (SSSR count). The van der Waals surface area contributed by atoms with E-state index in [4.69, 9.17) is 16.3 Å². The molecule has 0 bridgehead atoms. The maximum absolute atomic E-state index is 11.9. The van der Waals surface area contributed by atoms with Gasteiger partial charge >= 0.3 is 0 Å². The van der Waals surface area contributed by atoms with Crippen LogP contribution in [0, 0.1) is 12.8 Å². The Balaban J connectivity index is 1.95. The highest BCUT2D eigenvalue weighted by atomic mass is 35.5. The summed E-state index contributed by atoms with van der Waals surface area (Å²) in [5, 5.41) is 0.808. The van der Waals surface area contributed by atoms with Crippen LogP contribution >= 0.6 is 11.6 Å². The minimum Gasteiger partial charge on any atom is -0.383 e. The molecular formula is C15H20ClNO2. The molecule has 1 aliphatic heterocycles. The van der Waals surface area contributed by atoms with Crippen molar-refractivity contribution in [2.24, 2.45) is 5.92 Å². The lowest BCUT2D eigenvalue weighted by Gasteiger charge is -2.16. The smallest absolute Gasteiger partial charge is 0.223 e. The van der Waals surface area contributed by atoms with Gasteiger partial charge in [0, 0.05) is 31.6 Å². The van der Waals surface area contributed by atoms with Crippen molar-refractivity contribution in [3.63, 3.8) is 0 Å². The normalized spacial score (nSPS) is 19.2. The molecule has 0 radical (unpaired) electrons. The molecule has 1 amide bonds. The molecule has 1 aromatic carbocycles. The first-order valence-corrected chi connectivity index (χ1v) is 6.99. The summed E-state index contributed by atoms with van der Waals surface area (Å²) in [5.74, 6) is 0.592. The Labute approximate surface area is 119 Å². The Bertz CT molecular complexity index is 461. The van der Waals surface area contributed by atoms with Crippen LogP contribution < -0.4 is 0 Å². The van der Waals surface area contributed by atoms with Crippen LogP contribution in [0.4, 0.5) is 0 Å². The molecule has 1 heterocycles. The van der Waals surface area contributed by atoms with E-state index in [1.54, 1.807) is 7.11 Å². The molecule has 0 saturated carbocycles.